The second kappa shape index (κ2) is 4.80. The maximum absolute atomic E-state index is 11.8. The lowest BCUT2D eigenvalue weighted by molar-refractivity contribution is 0.102. The Bertz CT molecular complexity index is 620. The number of thiazole rings is 1. The third-order valence-electron chi connectivity index (χ3n) is 2.00. The van der Waals surface area contributed by atoms with Crippen LogP contribution in [-0.4, -0.2) is 15.9 Å². The van der Waals surface area contributed by atoms with Crippen LogP contribution in [0, 0.1) is 6.92 Å². The number of anilines is 1. The summed E-state index contributed by atoms with van der Waals surface area (Å²) < 4.78 is 0.811. The first-order valence-electron chi connectivity index (χ1n) is 4.69. The Labute approximate surface area is 109 Å². The van der Waals surface area contributed by atoms with Gasteiger partial charge in [-0.2, -0.15) is 0 Å². The Balaban J connectivity index is 2.23. The van der Waals surface area contributed by atoms with Crippen LogP contribution in [0.5, 0.6) is 0 Å². The Hall–Kier alpha value is -1.47. The molecule has 2 N–H and O–H groups in total. The summed E-state index contributed by atoms with van der Waals surface area (Å²) in [6, 6.07) is 3.17. The van der Waals surface area contributed by atoms with Gasteiger partial charge in [0, 0.05) is 5.69 Å². The summed E-state index contributed by atoms with van der Waals surface area (Å²) in [5.74, 6) is -0.465. The van der Waals surface area contributed by atoms with Crippen molar-refractivity contribution in [2.75, 3.05) is 5.32 Å². The first-order valence-corrected chi connectivity index (χ1v) is 6.30. The number of pyridine rings is 1. The van der Waals surface area contributed by atoms with Gasteiger partial charge in [-0.25, -0.2) is 4.98 Å². The maximum atomic E-state index is 11.8. The molecule has 7 heteroatoms. The minimum Gasteiger partial charge on any atom is -0.326 e. The van der Waals surface area contributed by atoms with Crippen molar-refractivity contribution in [3.63, 3.8) is 0 Å². The second-order valence-corrected chi connectivity index (χ2v) is 5.72. The van der Waals surface area contributed by atoms with Crippen LogP contribution >= 0.6 is 27.3 Å². The number of aryl methyl sites for hydroxylation is 1. The highest BCUT2D eigenvalue weighted by Gasteiger charge is 2.12. The van der Waals surface area contributed by atoms with E-state index in [-0.39, 0.29) is 5.56 Å². The van der Waals surface area contributed by atoms with E-state index in [1.165, 1.54) is 17.4 Å². The third kappa shape index (κ3) is 2.80. The van der Waals surface area contributed by atoms with Crippen molar-refractivity contribution in [3.8, 4) is 0 Å². The van der Waals surface area contributed by atoms with Gasteiger partial charge in [0.2, 0.25) is 0 Å². The van der Waals surface area contributed by atoms with Crippen LogP contribution < -0.4 is 10.9 Å². The molecular weight excluding hydrogens is 306 g/mol. The molecular formula is C10H8BrN3O2S. The van der Waals surface area contributed by atoms with Gasteiger partial charge in [-0.3, -0.25) is 14.9 Å². The highest BCUT2D eigenvalue weighted by Crippen LogP contribution is 2.23. The van der Waals surface area contributed by atoms with E-state index in [4.69, 9.17) is 0 Å². The smallest absolute Gasteiger partial charge is 0.263 e. The largest absolute Gasteiger partial charge is 0.326 e. The highest BCUT2D eigenvalue weighted by atomic mass is 79.9. The lowest BCUT2D eigenvalue weighted by atomic mass is 10.2. The number of nitrogens with one attached hydrogen (secondary N) is 2. The van der Waals surface area contributed by atoms with Crippen molar-refractivity contribution in [3.05, 3.63) is 43.7 Å². The average Bonchev–Trinajstić information content (AvgIpc) is 2.63. The molecule has 2 aromatic heterocycles. The molecule has 2 rings (SSSR count). The average molecular weight is 314 g/mol. The summed E-state index contributed by atoms with van der Waals surface area (Å²) in [6.07, 6.45) is 1.58. The fourth-order valence-electron chi connectivity index (χ4n) is 1.23. The summed E-state index contributed by atoms with van der Waals surface area (Å²) >= 11 is 4.52. The van der Waals surface area contributed by atoms with E-state index in [1.54, 1.807) is 19.2 Å². The number of aromatic amines is 1. The third-order valence-corrected chi connectivity index (χ3v) is 3.39. The monoisotopic (exact) mass is 313 g/mol. The number of amides is 1. The number of carbonyl (C=O) groups is 1. The van der Waals surface area contributed by atoms with E-state index < -0.39 is 11.5 Å². The number of halogens is 1. The number of hydrogen-bond donors (Lipinski definition) is 2. The maximum Gasteiger partial charge on any atom is 0.263 e. The molecule has 0 aromatic carbocycles. The van der Waals surface area contributed by atoms with Gasteiger partial charge in [-0.05, 0) is 35.0 Å². The fraction of sp³-hybridized carbons (Fsp3) is 0.100. The summed E-state index contributed by atoms with van der Waals surface area (Å²) in [5, 5.41) is 3.00. The Morgan fingerprint density at radius 1 is 1.53 bits per heavy atom. The van der Waals surface area contributed by atoms with E-state index in [0.29, 0.717) is 10.8 Å². The first kappa shape index (κ1) is 12.0. The molecule has 0 unspecified atom stereocenters. The zero-order valence-corrected chi connectivity index (χ0v) is 11.2. The minimum absolute atomic E-state index is 0.0712. The lowest BCUT2D eigenvalue weighted by Gasteiger charge is -2.01. The first-order chi connectivity index (χ1) is 8.06. The molecule has 2 heterocycles. The molecule has 2 aromatic rings. The van der Waals surface area contributed by atoms with Crippen LogP contribution in [0.3, 0.4) is 0 Å². The molecule has 0 spiro atoms. The molecule has 17 heavy (non-hydrogen) atoms. The zero-order chi connectivity index (χ0) is 12.4. The summed E-state index contributed by atoms with van der Waals surface area (Å²) in [6.45, 7) is 1.75. The Morgan fingerprint density at radius 2 is 2.29 bits per heavy atom. The summed E-state index contributed by atoms with van der Waals surface area (Å²) in [4.78, 5) is 29.8. The topological polar surface area (TPSA) is 74.8 Å². The highest BCUT2D eigenvalue weighted by molar-refractivity contribution is 9.11. The molecule has 0 radical (unpaired) electrons. The molecule has 0 saturated carbocycles. The summed E-state index contributed by atoms with van der Waals surface area (Å²) in [7, 11) is 0. The van der Waals surface area contributed by atoms with E-state index in [2.05, 4.69) is 31.2 Å². The van der Waals surface area contributed by atoms with Gasteiger partial charge in [0.05, 0.1) is 9.98 Å². The number of aromatic nitrogens is 2. The van der Waals surface area contributed by atoms with Crippen LogP contribution in [0.2, 0.25) is 0 Å². The van der Waals surface area contributed by atoms with Crippen molar-refractivity contribution < 1.29 is 4.79 Å². The van der Waals surface area contributed by atoms with Gasteiger partial charge >= 0.3 is 0 Å². The number of nitrogens with zero attached hydrogens (tertiary/aromatic N) is 1. The standard InChI is InChI=1S/C10H8BrN3O2S/c1-5-2-3-6(8(15)13-5)9(16)14-10-12-4-7(11)17-10/h2-4H,1H3,(H,13,15)(H,12,14,16). The lowest BCUT2D eigenvalue weighted by Crippen LogP contribution is -2.23. The van der Waals surface area contributed by atoms with Crippen molar-refractivity contribution >= 4 is 38.3 Å². The van der Waals surface area contributed by atoms with Crippen molar-refractivity contribution in [1.29, 1.82) is 0 Å². The molecule has 88 valence electrons. The molecule has 1 amide bonds. The fourth-order valence-corrected chi connectivity index (χ4v) is 2.33. The molecule has 0 atom stereocenters. The molecule has 0 fully saturated rings. The zero-order valence-electron chi connectivity index (χ0n) is 8.78. The van der Waals surface area contributed by atoms with Gasteiger partial charge in [0.1, 0.15) is 5.56 Å². The van der Waals surface area contributed by atoms with E-state index in [9.17, 15) is 9.59 Å². The van der Waals surface area contributed by atoms with Gasteiger partial charge in [-0.1, -0.05) is 11.3 Å². The van der Waals surface area contributed by atoms with Crippen LogP contribution in [0.1, 0.15) is 16.1 Å². The van der Waals surface area contributed by atoms with Gasteiger partial charge in [-0.15, -0.1) is 0 Å². The Morgan fingerprint density at radius 3 is 2.88 bits per heavy atom. The number of H-pyrrole nitrogens is 1. The normalized spacial score (nSPS) is 10.2. The van der Waals surface area contributed by atoms with Crippen LogP contribution in [0.4, 0.5) is 5.13 Å². The van der Waals surface area contributed by atoms with Gasteiger partial charge in [0.25, 0.3) is 11.5 Å². The second-order valence-electron chi connectivity index (χ2n) is 3.31. The van der Waals surface area contributed by atoms with E-state index >= 15 is 0 Å². The molecule has 0 bridgehead atoms. The molecule has 5 nitrogen and oxygen atoms in total. The number of hydrogen-bond acceptors (Lipinski definition) is 4. The van der Waals surface area contributed by atoms with Crippen LogP contribution in [0.15, 0.2) is 26.9 Å². The minimum atomic E-state index is -0.465. The van der Waals surface area contributed by atoms with E-state index in [1.807, 2.05) is 0 Å². The number of rotatable bonds is 2. The van der Waals surface area contributed by atoms with Crippen LogP contribution in [-0.2, 0) is 0 Å². The quantitative estimate of drug-likeness (QED) is 0.892. The molecule has 0 aliphatic carbocycles. The van der Waals surface area contributed by atoms with E-state index in [0.717, 1.165) is 3.79 Å². The van der Waals surface area contributed by atoms with Crippen molar-refractivity contribution in [1.82, 2.24) is 9.97 Å². The van der Waals surface area contributed by atoms with Gasteiger partial charge in [0.15, 0.2) is 5.13 Å². The van der Waals surface area contributed by atoms with Gasteiger partial charge < -0.3 is 4.98 Å². The molecule has 0 aliphatic rings. The van der Waals surface area contributed by atoms with Crippen molar-refractivity contribution in [2.24, 2.45) is 0 Å². The predicted octanol–water partition coefficient (Wildman–Crippen LogP) is 2.15. The van der Waals surface area contributed by atoms with Crippen molar-refractivity contribution in [2.45, 2.75) is 6.92 Å². The molecule has 0 aliphatic heterocycles. The van der Waals surface area contributed by atoms with Crippen LogP contribution in [0.25, 0.3) is 0 Å². The summed E-state index contributed by atoms with van der Waals surface area (Å²) in [5.41, 5.74) is 0.378. The number of carbonyl (C=O) groups excluding carboxylic acids is 1. The Kier molecular flexibility index (Phi) is 3.39. The predicted molar refractivity (Wildman–Crippen MR) is 69.6 cm³/mol. The molecule has 0 saturated heterocycles. The SMILES string of the molecule is Cc1ccc(C(=O)Nc2ncc(Br)s2)c(=O)[nH]1.